The molecule has 0 aromatic rings. The average Bonchev–Trinajstić information content (AvgIpc) is 3.05. The summed E-state index contributed by atoms with van der Waals surface area (Å²) in [4.78, 5) is 14.7. The third-order valence-corrected chi connectivity index (χ3v) is 4.87. The summed E-state index contributed by atoms with van der Waals surface area (Å²) >= 11 is 0. The summed E-state index contributed by atoms with van der Waals surface area (Å²) in [5, 5.41) is 3.16. The van der Waals surface area contributed by atoms with Gasteiger partial charge in [-0.2, -0.15) is 0 Å². The van der Waals surface area contributed by atoms with Gasteiger partial charge in [-0.15, -0.1) is 0 Å². The van der Waals surface area contributed by atoms with Crippen LogP contribution in [0.25, 0.3) is 0 Å². The first-order valence-corrected chi connectivity index (χ1v) is 9.41. The van der Waals surface area contributed by atoms with Gasteiger partial charge in [-0.3, -0.25) is 4.79 Å². The van der Waals surface area contributed by atoms with E-state index in [1.165, 1.54) is 0 Å². The molecule has 0 spiro atoms. The lowest BCUT2D eigenvalue weighted by Crippen LogP contribution is -2.46. The summed E-state index contributed by atoms with van der Waals surface area (Å²) in [6.07, 6.45) is 6.87. The molecule has 2 fully saturated rings. The first-order chi connectivity index (χ1) is 11.2. The molecule has 2 aliphatic heterocycles. The second-order valence-electron chi connectivity index (χ2n) is 7.05. The first kappa shape index (κ1) is 18.7. The molecule has 3 unspecified atom stereocenters. The Morgan fingerprint density at radius 1 is 1.39 bits per heavy atom. The van der Waals surface area contributed by atoms with Gasteiger partial charge in [0.1, 0.15) is 0 Å². The maximum Gasteiger partial charge on any atom is 0.224 e. The standard InChI is InChI=1S/C18H34N2O3/c1-3-6-15(2)19-18(21)16-7-4-9-20(13-16)10-12-22-14-17-8-5-11-23-17/h15-17H,3-14H2,1-2H3,(H,19,21). The van der Waals surface area contributed by atoms with E-state index in [1.807, 2.05) is 0 Å². The molecule has 0 saturated carbocycles. The van der Waals surface area contributed by atoms with E-state index in [9.17, 15) is 4.79 Å². The molecule has 1 N–H and O–H groups in total. The van der Waals surface area contributed by atoms with Crippen molar-refractivity contribution in [3.8, 4) is 0 Å². The zero-order chi connectivity index (χ0) is 16.5. The second-order valence-corrected chi connectivity index (χ2v) is 7.05. The largest absolute Gasteiger partial charge is 0.377 e. The maximum atomic E-state index is 12.3. The van der Waals surface area contributed by atoms with Crippen LogP contribution in [0.1, 0.15) is 52.4 Å². The van der Waals surface area contributed by atoms with Crippen LogP contribution in [0.2, 0.25) is 0 Å². The highest BCUT2D eigenvalue weighted by Gasteiger charge is 2.26. The Bertz CT molecular complexity index is 345. The van der Waals surface area contributed by atoms with Crippen molar-refractivity contribution in [3.63, 3.8) is 0 Å². The van der Waals surface area contributed by atoms with Crippen LogP contribution in [0.15, 0.2) is 0 Å². The fourth-order valence-electron chi connectivity index (χ4n) is 3.52. The fraction of sp³-hybridized carbons (Fsp3) is 0.944. The molecule has 2 saturated heterocycles. The lowest BCUT2D eigenvalue weighted by Gasteiger charge is -2.32. The predicted molar refractivity (Wildman–Crippen MR) is 91.5 cm³/mol. The molecule has 134 valence electrons. The molecule has 5 heteroatoms. The molecule has 3 atom stereocenters. The van der Waals surface area contributed by atoms with E-state index in [2.05, 4.69) is 24.1 Å². The quantitative estimate of drug-likeness (QED) is 0.660. The van der Waals surface area contributed by atoms with Crippen LogP contribution in [0.3, 0.4) is 0 Å². The van der Waals surface area contributed by atoms with Gasteiger partial charge in [-0.25, -0.2) is 0 Å². The normalized spacial score (nSPS) is 27.0. The monoisotopic (exact) mass is 326 g/mol. The molecular formula is C18H34N2O3. The molecule has 0 radical (unpaired) electrons. The summed E-state index contributed by atoms with van der Waals surface area (Å²) in [6.45, 7) is 9.45. The molecule has 0 aromatic heterocycles. The van der Waals surface area contributed by atoms with Gasteiger partial charge >= 0.3 is 0 Å². The molecule has 2 aliphatic rings. The molecule has 0 aromatic carbocycles. The number of piperidine rings is 1. The molecule has 0 bridgehead atoms. The number of carbonyl (C=O) groups is 1. The maximum absolute atomic E-state index is 12.3. The van der Waals surface area contributed by atoms with Gasteiger partial charge < -0.3 is 19.7 Å². The predicted octanol–water partition coefficient (Wildman–Crippen LogP) is 2.20. The van der Waals surface area contributed by atoms with Gasteiger partial charge in [0, 0.05) is 25.7 Å². The number of carbonyl (C=O) groups excluding carboxylic acids is 1. The second kappa shape index (κ2) is 10.3. The summed E-state index contributed by atoms with van der Waals surface area (Å²) in [6, 6.07) is 0.289. The third kappa shape index (κ3) is 6.77. The number of nitrogens with zero attached hydrogens (tertiary/aromatic N) is 1. The molecule has 2 heterocycles. The minimum Gasteiger partial charge on any atom is -0.377 e. The Morgan fingerprint density at radius 2 is 2.26 bits per heavy atom. The van der Waals surface area contributed by atoms with Crippen molar-refractivity contribution in [2.24, 2.45) is 5.92 Å². The molecule has 23 heavy (non-hydrogen) atoms. The van der Waals surface area contributed by atoms with Crippen LogP contribution in [0, 0.1) is 5.92 Å². The number of hydrogen-bond donors (Lipinski definition) is 1. The van der Waals surface area contributed by atoms with Crippen molar-refractivity contribution in [2.45, 2.75) is 64.5 Å². The number of ether oxygens (including phenoxy) is 2. The van der Waals surface area contributed by atoms with Crippen molar-refractivity contribution in [1.82, 2.24) is 10.2 Å². The molecular weight excluding hydrogens is 292 g/mol. The van der Waals surface area contributed by atoms with E-state index in [-0.39, 0.29) is 17.9 Å². The van der Waals surface area contributed by atoms with E-state index in [4.69, 9.17) is 9.47 Å². The number of hydrogen-bond acceptors (Lipinski definition) is 4. The lowest BCUT2D eigenvalue weighted by atomic mass is 9.96. The number of nitrogens with one attached hydrogen (secondary N) is 1. The third-order valence-electron chi connectivity index (χ3n) is 4.87. The zero-order valence-electron chi connectivity index (χ0n) is 14.9. The van der Waals surface area contributed by atoms with Crippen LogP contribution in [0.4, 0.5) is 0 Å². The SMILES string of the molecule is CCCC(C)NC(=O)C1CCCN(CCOCC2CCCO2)C1. The molecule has 2 rings (SSSR count). The van der Waals surface area contributed by atoms with Crippen molar-refractivity contribution in [2.75, 3.05) is 39.5 Å². The van der Waals surface area contributed by atoms with E-state index in [1.54, 1.807) is 0 Å². The van der Waals surface area contributed by atoms with Gasteiger partial charge in [0.25, 0.3) is 0 Å². The van der Waals surface area contributed by atoms with E-state index < -0.39 is 0 Å². The Balaban J connectivity index is 1.61. The van der Waals surface area contributed by atoms with Crippen molar-refractivity contribution < 1.29 is 14.3 Å². The Morgan fingerprint density at radius 3 is 3.00 bits per heavy atom. The number of rotatable bonds is 9. The van der Waals surface area contributed by atoms with Crippen LogP contribution < -0.4 is 5.32 Å². The zero-order valence-corrected chi connectivity index (χ0v) is 14.9. The van der Waals surface area contributed by atoms with Crippen molar-refractivity contribution in [3.05, 3.63) is 0 Å². The van der Waals surface area contributed by atoms with Gasteiger partial charge in [0.05, 0.1) is 25.2 Å². The molecule has 5 nitrogen and oxygen atoms in total. The van der Waals surface area contributed by atoms with Gasteiger partial charge in [-0.1, -0.05) is 13.3 Å². The first-order valence-electron chi connectivity index (χ1n) is 9.41. The minimum absolute atomic E-state index is 0.140. The highest BCUT2D eigenvalue weighted by Crippen LogP contribution is 2.17. The number of likely N-dealkylation sites (tertiary alicyclic amines) is 1. The smallest absolute Gasteiger partial charge is 0.224 e. The lowest BCUT2D eigenvalue weighted by molar-refractivity contribution is -0.127. The van der Waals surface area contributed by atoms with Crippen LogP contribution in [-0.2, 0) is 14.3 Å². The molecule has 0 aliphatic carbocycles. The van der Waals surface area contributed by atoms with Gasteiger partial charge in [0.15, 0.2) is 0 Å². The Kier molecular flexibility index (Phi) is 8.34. The Labute approximate surface area is 141 Å². The van der Waals surface area contributed by atoms with Crippen LogP contribution in [-0.4, -0.2) is 62.4 Å². The van der Waals surface area contributed by atoms with Gasteiger partial charge in [0.2, 0.25) is 5.91 Å². The highest BCUT2D eigenvalue weighted by molar-refractivity contribution is 5.79. The Hall–Kier alpha value is -0.650. The van der Waals surface area contributed by atoms with Gasteiger partial charge in [-0.05, 0) is 45.6 Å². The number of amides is 1. The van der Waals surface area contributed by atoms with E-state index in [0.717, 1.165) is 71.4 Å². The summed E-state index contributed by atoms with van der Waals surface area (Å²) in [7, 11) is 0. The average molecular weight is 326 g/mol. The van der Waals surface area contributed by atoms with Crippen molar-refractivity contribution >= 4 is 5.91 Å². The van der Waals surface area contributed by atoms with Crippen LogP contribution in [0.5, 0.6) is 0 Å². The van der Waals surface area contributed by atoms with E-state index in [0.29, 0.717) is 12.7 Å². The topological polar surface area (TPSA) is 50.8 Å². The minimum atomic E-state index is 0.140. The highest BCUT2D eigenvalue weighted by atomic mass is 16.5. The fourth-order valence-corrected chi connectivity index (χ4v) is 3.52. The molecule has 1 amide bonds. The van der Waals surface area contributed by atoms with Crippen LogP contribution >= 0.6 is 0 Å². The summed E-state index contributed by atoms with van der Waals surface area (Å²) in [5.41, 5.74) is 0. The summed E-state index contributed by atoms with van der Waals surface area (Å²) < 4.78 is 11.3. The van der Waals surface area contributed by atoms with Crippen molar-refractivity contribution in [1.29, 1.82) is 0 Å². The van der Waals surface area contributed by atoms with E-state index >= 15 is 0 Å². The summed E-state index contributed by atoms with van der Waals surface area (Å²) in [5.74, 6) is 0.372.